The molecule has 1 heterocycles. The molecule has 0 unspecified atom stereocenters. The number of rotatable bonds is 0. The highest BCUT2D eigenvalue weighted by Gasteiger charge is 2.15. The molecule has 1 aromatic carbocycles. The highest BCUT2D eigenvalue weighted by Crippen LogP contribution is 2.23. The molecule has 0 fully saturated rings. The van der Waals surface area contributed by atoms with E-state index in [2.05, 4.69) is 21.2 Å². The summed E-state index contributed by atoms with van der Waals surface area (Å²) >= 11 is 3.46. The van der Waals surface area contributed by atoms with E-state index in [1.165, 1.54) is 0 Å². The Bertz CT molecular complexity index is 349. The standard InChI is InChI=1S/C10H10BrNO/c11-9-5-1-3-8-7(9)4-2-6-12-10(8)13/h1,3,5H,2,4,6H2,(H,12,13). The Morgan fingerprint density at radius 3 is 3.08 bits per heavy atom. The molecule has 13 heavy (non-hydrogen) atoms. The lowest BCUT2D eigenvalue weighted by molar-refractivity contribution is 0.0956. The normalized spacial score (nSPS) is 15.9. The van der Waals surface area contributed by atoms with Gasteiger partial charge >= 0.3 is 0 Å². The van der Waals surface area contributed by atoms with Crippen LogP contribution in [0.3, 0.4) is 0 Å². The molecule has 0 atom stereocenters. The van der Waals surface area contributed by atoms with Gasteiger partial charge in [-0.05, 0) is 30.5 Å². The summed E-state index contributed by atoms with van der Waals surface area (Å²) in [7, 11) is 0. The molecule has 3 heteroatoms. The van der Waals surface area contributed by atoms with Crippen molar-refractivity contribution in [2.24, 2.45) is 0 Å². The van der Waals surface area contributed by atoms with Crippen LogP contribution in [0.5, 0.6) is 0 Å². The molecular weight excluding hydrogens is 230 g/mol. The second-order valence-corrected chi connectivity index (χ2v) is 3.98. The quantitative estimate of drug-likeness (QED) is 0.739. The first-order valence-electron chi connectivity index (χ1n) is 4.34. The predicted molar refractivity (Wildman–Crippen MR) is 54.8 cm³/mol. The van der Waals surface area contributed by atoms with E-state index in [-0.39, 0.29) is 5.91 Å². The maximum atomic E-state index is 11.5. The van der Waals surface area contributed by atoms with E-state index < -0.39 is 0 Å². The number of fused-ring (bicyclic) bond motifs is 1. The van der Waals surface area contributed by atoms with Crippen molar-refractivity contribution in [2.75, 3.05) is 6.54 Å². The molecule has 2 nitrogen and oxygen atoms in total. The van der Waals surface area contributed by atoms with Crippen LogP contribution in [0.1, 0.15) is 22.3 Å². The minimum absolute atomic E-state index is 0.0498. The fourth-order valence-electron chi connectivity index (χ4n) is 1.59. The van der Waals surface area contributed by atoms with E-state index in [4.69, 9.17) is 0 Å². The molecule has 1 N–H and O–H groups in total. The first kappa shape index (κ1) is 8.75. The van der Waals surface area contributed by atoms with Crippen molar-refractivity contribution in [3.63, 3.8) is 0 Å². The first-order chi connectivity index (χ1) is 6.29. The van der Waals surface area contributed by atoms with Crippen molar-refractivity contribution in [3.8, 4) is 0 Å². The van der Waals surface area contributed by atoms with E-state index in [0.29, 0.717) is 0 Å². The highest BCUT2D eigenvalue weighted by atomic mass is 79.9. The van der Waals surface area contributed by atoms with Crippen molar-refractivity contribution < 1.29 is 4.79 Å². The Kier molecular flexibility index (Phi) is 2.36. The van der Waals surface area contributed by atoms with Crippen molar-refractivity contribution in [2.45, 2.75) is 12.8 Å². The SMILES string of the molecule is O=C1NCCCc2c(Br)cccc21. The number of hydrogen-bond donors (Lipinski definition) is 1. The summed E-state index contributed by atoms with van der Waals surface area (Å²) in [6, 6.07) is 5.76. The van der Waals surface area contributed by atoms with Crippen molar-refractivity contribution >= 4 is 21.8 Å². The minimum atomic E-state index is 0.0498. The predicted octanol–water partition coefficient (Wildman–Crippen LogP) is 2.13. The Morgan fingerprint density at radius 2 is 2.23 bits per heavy atom. The van der Waals surface area contributed by atoms with Gasteiger partial charge in [-0.15, -0.1) is 0 Å². The molecule has 0 saturated carbocycles. The van der Waals surface area contributed by atoms with E-state index in [0.717, 1.165) is 35.0 Å². The van der Waals surface area contributed by atoms with Gasteiger partial charge in [0.25, 0.3) is 5.91 Å². The van der Waals surface area contributed by atoms with Crippen molar-refractivity contribution in [1.82, 2.24) is 5.32 Å². The van der Waals surface area contributed by atoms with Crippen LogP contribution in [0.4, 0.5) is 0 Å². The third-order valence-corrected chi connectivity index (χ3v) is 3.00. The van der Waals surface area contributed by atoms with Gasteiger partial charge in [-0.3, -0.25) is 4.79 Å². The molecule has 1 amide bonds. The third-order valence-electron chi connectivity index (χ3n) is 2.25. The molecule has 0 bridgehead atoms. The second kappa shape index (κ2) is 3.50. The summed E-state index contributed by atoms with van der Waals surface area (Å²) < 4.78 is 1.04. The van der Waals surface area contributed by atoms with Crippen LogP contribution in [0.2, 0.25) is 0 Å². The molecule has 1 aromatic rings. The zero-order valence-electron chi connectivity index (χ0n) is 7.14. The third kappa shape index (κ3) is 1.61. The number of nitrogens with one attached hydrogen (secondary N) is 1. The molecule has 0 saturated heterocycles. The maximum Gasteiger partial charge on any atom is 0.251 e. The van der Waals surface area contributed by atoms with Crippen molar-refractivity contribution in [1.29, 1.82) is 0 Å². The number of benzene rings is 1. The van der Waals surface area contributed by atoms with Crippen LogP contribution in [-0.2, 0) is 6.42 Å². The summed E-state index contributed by atoms with van der Waals surface area (Å²) in [5.41, 5.74) is 1.95. The zero-order valence-corrected chi connectivity index (χ0v) is 8.73. The number of amides is 1. The van der Waals surface area contributed by atoms with Gasteiger partial charge in [-0.2, -0.15) is 0 Å². The van der Waals surface area contributed by atoms with Gasteiger partial charge in [0.1, 0.15) is 0 Å². The van der Waals surface area contributed by atoms with Crippen LogP contribution in [0.25, 0.3) is 0 Å². The Balaban J connectivity index is 2.54. The maximum absolute atomic E-state index is 11.5. The molecule has 0 radical (unpaired) electrons. The topological polar surface area (TPSA) is 29.1 Å². The Labute approximate surface area is 85.5 Å². The fourth-order valence-corrected chi connectivity index (χ4v) is 2.15. The molecule has 1 aliphatic heterocycles. The molecule has 2 rings (SSSR count). The van der Waals surface area contributed by atoms with Crippen LogP contribution in [0, 0.1) is 0 Å². The number of halogens is 1. The second-order valence-electron chi connectivity index (χ2n) is 3.13. The number of carbonyl (C=O) groups excluding carboxylic acids is 1. The lowest BCUT2D eigenvalue weighted by Gasteiger charge is -2.05. The highest BCUT2D eigenvalue weighted by molar-refractivity contribution is 9.10. The lowest BCUT2D eigenvalue weighted by atomic mass is 10.0. The molecule has 0 spiro atoms. The first-order valence-corrected chi connectivity index (χ1v) is 5.14. The van der Waals surface area contributed by atoms with Crippen LogP contribution in [-0.4, -0.2) is 12.5 Å². The van der Waals surface area contributed by atoms with E-state index >= 15 is 0 Å². The lowest BCUT2D eigenvalue weighted by Crippen LogP contribution is -2.22. The summed E-state index contributed by atoms with van der Waals surface area (Å²) in [4.78, 5) is 11.5. The summed E-state index contributed by atoms with van der Waals surface area (Å²) in [5.74, 6) is 0.0498. The molecular formula is C10H10BrNO. The van der Waals surface area contributed by atoms with Crippen LogP contribution in [0.15, 0.2) is 22.7 Å². The summed E-state index contributed by atoms with van der Waals surface area (Å²) in [6.45, 7) is 0.778. The average Bonchev–Trinajstić information content (AvgIpc) is 2.30. The van der Waals surface area contributed by atoms with Gasteiger partial charge in [-0.1, -0.05) is 22.0 Å². The smallest absolute Gasteiger partial charge is 0.251 e. The van der Waals surface area contributed by atoms with Gasteiger partial charge < -0.3 is 5.32 Å². The van der Waals surface area contributed by atoms with Gasteiger partial charge in [-0.25, -0.2) is 0 Å². The van der Waals surface area contributed by atoms with E-state index in [1.807, 2.05) is 18.2 Å². The largest absolute Gasteiger partial charge is 0.352 e. The summed E-state index contributed by atoms with van der Waals surface area (Å²) in [6.07, 6.45) is 1.98. The van der Waals surface area contributed by atoms with E-state index in [9.17, 15) is 4.79 Å². The monoisotopic (exact) mass is 239 g/mol. The molecule has 0 aromatic heterocycles. The molecule has 1 aliphatic rings. The van der Waals surface area contributed by atoms with Gasteiger partial charge in [0.15, 0.2) is 0 Å². The van der Waals surface area contributed by atoms with E-state index in [1.54, 1.807) is 0 Å². The minimum Gasteiger partial charge on any atom is -0.352 e. The van der Waals surface area contributed by atoms with Crippen LogP contribution < -0.4 is 5.32 Å². The fraction of sp³-hybridized carbons (Fsp3) is 0.300. The van der Waals surface area contributed by atoms with Crippen LogP contribution >= 0.6 is 15.9 Å². The number of hydrogen-bond acceptors (Lipinski definition) is 1. The molecule has 68 valence electrons. The summed E-state index contributed by atoms with van der Waals surface area (Å²) in [5, 5.41) is 2.87. The molecule has 0 aliphatic carbocycles. The van der Waals surface area contributed by atoms with Gasteiger partial charge in [0.2, 0.25) is 0 Å². The zero-order chi connectivity index (χ0) is 9.26. The Hall–Kier alpha value is -0.830. The van der Waals surface area contributed by atoms with Crippen molar-refractivity contribution in [3.05, 3.63) is 33.8 Å². The van der Waals surface area contributed by atoms with Gasteiger partial charge in [0.05, 0.1) is 0 Å². The number of carbonyl (C=O) groups is 1. The van der Waals surface area contributed by atoms with Gasteiger partial charge in [0, 0.05) is 16.6 Å². The Morgan fingerprint density at radius 1 is 1.38 bits per heavy atom. The average molecular weight is 240 g/mol.